The Morgan fingerprint density at radius 1 is 1.38 bits per heavy atom. The molecule has 0 unspecified atom stereocenters. The molecule has 0 amide bonds. The van der Waals surface area contributed by atoms with E-state index in [0.29, 0.717) is 19.0 Å². The number of hydrogen-bond donors (Lipinski definition) is 2. The Bertz CT molecular complexity index is 241. The lowest BCUT2D eigenvalue weighted by Crippen LogP contribution is -2.23. The Morgan fingerprint density at radius 3 is 2.54 bits per heavy atom. The summed E-state index contributed by atoms with van der Waals surface area (Å²) in [5, 5.41) is 2.14. The Balaban J connectivity index is 2.38. The van der Waals surface area contributed by atoms with Crippen LogP contribution in [-0.4, -0.2) is 13.1 Å². The van der Waals surface area contributed by atoms with Crippen molar-refractivity contribution in [2.45, 2.75) is 19.8 Å². The molecule has 1 heterocycles. The molecule has 13 heavy (non-hydrogen) atoms. The van der Waals surface area contributed by atoms with Crippen LogP contribution in [0.4, 0.5) is 0 Å². The van der Waals surface area contributed by atoms with Gasteiger partial charge in [-0.1, -0.05) is 0 Å². The predicted octanol–water partition coefficient (Wildman–Crippen LogP) is 1.52. The molecule has 74 valence electrons. The lowest BCUT2D eigenvalue weighted by atomic mass is 10.0. The largest absolute Gasteiger partial charge is 0.330 e. The minimum absolute atomic E-state index is 0.487. The minimum Gasteiger partial charge on any atom is -0.330 e. The summed E-state index contributed by atoms with van der Waals surface area (Å²) >= 11 is 1.83. The van der Waals surface area contributed by atoms with Gasteiger partial charge in [0.05, 0.1) is 0 Å². The molecule has 3 heteroatoms. The molecule has 0 aromatic carbocycles. The molecule has 0 fully saturated rings. The summed E-state index contributed by atoms with van der Waals surface area (Å²) in [6, 6.07) is 2.17. The van der Waals surface area contributed by atoms with Gasteiger partial charge in [0.1, 0.15) is 0 Å². The van der Waals surface area contributed by atoms with Crippen molar-refractivity contribution >= 4 is 11.3 Å². The van der Waals surface area contributed by atoms with Crippen LogP contribution in [0.5, 0.6) is 0 Å². The van der Waals surface area contributed by atoms with Crippen LogP contribution in [0.15, 0.2) is 11.4 Å². The van der Waals surface area contributed by atoms with Gasteiger partial charge in [-0.3, -0.25) is 0 Å². The maximum atomic E-state index is 5.58. The smallest absolute Gasteiger partial charge is 0.00745 e. The fourth-order valence-corrected chi connectivity index (χ4v) is 2.25. The van der Waals surface area contributed by atoms with Crippen molar-refractivity contribution in [3.05, 3.63) is 21.9 Å². The second-order valence-corrected chi connectivity index (χ2v) is 4.40. The van der Waals surface area contributed by atoms with E-state index < -0.39 is 0 Å². The Morgan fingerprint density at radius 2 is 2.08 bits per heavy atom. The summed E-state index contributed by atoms with van der Waals surface area (Å²) in [7, 11) is 0. The van der Waals surface area contributed by atoms with Gasteiger partial charge in [-0.25, -0.2) is 0 Å². The minimum atomic E-state index is 0.487. The van der Waals surface area contributed by atoms with Crippen molar-refractivity contribution in [3.8, 4) is 0 Å². The highest BCUT2D eigenvalue weighted by Gasteiger charge is 2.06. The quantitative estimate of drug-likeness (QED) is 0.753. The molecule has 0 atom stereocenters. The molecule has 1 rings (SSSR count). The standard InChI is InChI=1S/C10H18N2S/c1-8-4-5-13-10(8)3-2-9(6-11)7-12/h4-5,9H,2-3,6-7,11-12H2,1H3. The summed E-state index contributed by atoms with van der Waals surface area (Å²) in [5.74, 6) is 0.487. The summed E-state index contributed by atoms with van der Waals surface area (Å²) in [4.78, 5) is 1.48. The summed E-state index contributed by atoms with van der Waals surface area (Å²) < 4.78 is 0. The second kappa shape index (κ2) is 5.37. The normalized spacial score (nSPS) is 11.1. The van der Waals surface area contributed by atoms with Crippen LogP contribution in [0, 0.1) is 12.8 Å². The summed E-state index contributed by atoms with van der Waals surface area (Å²) in [6.45, 7) is 3.58. The molecule has 0 aliphatic heterocycles. The van der Waals surface area contributed by atoms with Gasteiger partial charge in [0.15, 0.2) is 0 Å². The maximum Gasteiger partial charge on any atom is 0.00745 e. The summed E-state index contributed by atoms with van der Waals surface area (Å²) in [5.41, 5.74) is 12.6. The molecular formula is C10H18N2S. The molecule has 0 spiro atoms. The van der Waals surface area contributed by atoms with Crippen molar-refractivity contribution in [3.63, 3.8) is 0 Å². The van der Waals surface area contributed by atoms with E-state index in [1.54, 1.807) is 0 Å². The lowest BCUT2D eigenvalue weighted by molar-refractivity contribution is 0.509. The van der Waals surface area contributed by atoms with E-state index in [1.807, 2.05) is 11.3 Å². The van der Waals surface area contributed by atoms with Crippen molar-refractivity contribution in [2.75, 3.05) is 13.1 Å². The summed E-state index contributed by atoms with van der Waals surface area (Å²) in [6.07, 6.45) is 2.25. The molecule has 0 radical (unpaired) electrons. The Labute approximate surface area is 83.9 Å². The molecule has 0 aliphatic carbocycles. The number of nitrogens with two attached hydrogens (primary N) is 2. The number of thiophene rings is 1. The van der Waals surface area contributed by atoms with E-state index in [4.69, 9.17) is 11.5 Å². The zero-order valence-electron chi connectivity index (χ0n) is 8.12. The highest BCUT2D eigenvalue weighted by Crippen LogP contribution is 2.18. The molecule has 2 nitrogen and oxygen atoms in total. The maximum absolute atomic E-state index is 5.58. The fraction of sp³-hybridized carbons (Fsp3) is 0.600. The van der Waals surface area contributed by atoms with Crippen molar-refractivity contribution in [1.29, 1.82) is 0 Å². The van der Waals surface area contributed by atoms with E-state index in [2.05, 4.69) is 18.4 Å². The van der Waals surface area contributed by atoms with Crippen molar-refractivity contribution < 1.29 is 0 Å². The highest BCUT2D eigenvalue weighted by molar-refractivity contribution is 7.10. The third-order valence-corrected chi connectivity index (χ3v) is 3.50. The first-order valence-electron chi connectivity index (χ1n) is 4.71. The van der Waals surface area contributed by atoms with Gasteiger partial charge >= 0.3 is 0 Å². The number of hydrogen-bond acceptors (Lipinski definition) is 3. The third kappa shape index (κ3) is 3.10. The van der Waals surface area contributed by atoms with E-state index >= 15 is 0 Å². The van der Waals surface area contributed by atoms with Crippen LogP contribution in [-0.2, 0) is 6.42 Å². The zero-order valence-corrected chi connectivity index (χ0v) is 8.94. The van der Waals surface area contributed by atoms with E-state index in [1.165, 1.54) is 10.4 Å². The first kappa shape index (κ1) is 10.7. The van der Waals surface area contributed by atoms with Crippen LogP contribution < -0.4 is 11.5 Å². The zero-order chi connectivity index (χ0) is 9.68. The topological polar surface area (TPSA) is 52.0 Å². The third-order valence-electron chi connectivity index (χ3n) is 2.41. The van der Waals surface area contributed by atoms with Crippen molar-refractivity contribution in [2.24, 2.45) is 17.4 Å². The first-order chi connectivity index (χ1) is 6.27. The van der Waals surface area contributed by atoms with Crippen LogP contribution in [0.25, 0.3) is 0 Å². The van der Waals surface area contributed by atoms with Gasteiger partial charge in [-0.15, -0.1) is 11.3 Å². The van der Waals surface area contributed by atoms with Crippen LogP contribution in [0.3, 0.4) is 0 Å². The van der Waals surface area contributed by atoms with Gasteiger partial charge < -0.3 is 11.5 Å². The van der Waals surface area contributed by atoms with Gasteiger partial charge in [-0.2, -0.15) is 0 Å². The monoisotopic (exact) mass is 198 g/mol. The van der Waals surface area contributed by atoms with E-state index in [-0.39, 0.29) is 0 Å². The lowest BCUT2D eigenvalue weighted by Gasteiger charge is -2.10. The average Bonchev–Trinajstić information content (AvgIpc) is 2.54. The van der Waals surface area contributed by atoms with Gasteiger partial charge in [0, 0.05) is 4.88 Å². The first-order valence-corrected chi connectivity index (χ1v) is 5.59. The molecule has 0 saturated heterocycles. The van der Waals surface area contributed by atoms with E-state index in [9.17, 15) is 0 Å². The number of aryl methyl sites for hydroxylation is 2. The van der Waals surface area contributed by atoms with Gasteiger partial charge in [0.25, 0.3) is 0 Å². The van der Waals surface area contributed by atoms with Crippen LogP contribution in [0.1, 0.15) is 16.9 Å². The Kier molecular flexibility index (Phi) is 4.42. The van der Waals surface area contributed by atoms with Gasteiger partial charge in [-0.05, 0) is 55.8 Å². The fourth-order valence-electron chi connectivity index (χ4n) is 1.33. The van der Waals surface area contributed by atoms with Gasteiger partial charge in [0.2, 0.25) is 0 Å². The molecule has 1 aromatic heterocycles. The van der Waals surface area contributed by atoms with Crippen molar-refractivity contribution in [1.82, 2.24) is 0 Å². The Hall–Kier alpha value is -0.380. The molecule has 0 aliphatic rings. The predicted molar refractivity (Wildman–Crippen MR) is 59.0 cm³/mol. The SMILES string of the molecule is Cc1ccsc1CCC(CN)CN. The average molecular weight is 198 g/mol. The molecule has 1 aromatic rings. The molecule has 4 N–H and O–H groups in total. The number of rotatable bonds is 5. The van der Waals surface area contributed by atoms with Crippen LogP contribution in [0.2, 0.25) is 0 Å². The van der Waals surface area contributed by atoms with E-state index in [0.717, 1.165) is 12.8 Å². The molecule has 0 bridgehead atoms. The second-order valence-electron chi connectivity index (χ2n) is 3.40. The highest BCUT2D eigenvalue weighted by atomic mass is 32.1. The van der Waals surface area contributed by atoms with Crippen LogP contribution >= 0.6 is 11.3 Å². The molecular weight excluding hydrogens is 180 g/mol. The molecule has 0 saturated carbocycles.